The molecule has 2 N–H and O–H groups in total. The number of benzene rings is 1. The molecule has 0 radical (unpaired) electrons. The first kappa shape index (κ1) is 13.9. The fraction of sp³-hybridized carbons (Fsp3) is 0.412. The molecule has 4 atom stereocenters. The number of hydrogen-bond acceptors (Lipinski definition) is 2. The van der Waals surface area contributed by atoms with Crippen LogP contribution in [0.4, 0.5) is 5.69 Å². The van der Waals surface area contributed by atoms with Crippen LogP contribution >= 0.6 is 0 Å². The summed E-state index contributed by atoms with van der Waals surface area (Å²) in [5, 5.41) is 12.4. The van der Waals surface area contributed by atoms with Crippen LogP contribution in [-0.4, -0.2) is 17.0 Å². The molecule has 1 amide bonds. The minimum Gasteiger partial charge on any atom is -0.481 e. The number of anilines is 1. The molecule has 1 aromatic carbocycles. The zero-order chi connectivity index (χ0) is 15.1. The first-order valence-electron chi connectivity index (χ1n) is 7.27. The summed E-state index contributed by atoms with van der Waals surface area (Å²) in [4.78, 5) is 24.1. The highest BCUT2D eigenvalue weighted by molar-refractivity contribution is 5.97. The van der Waals surface area contributed by atoms with Crippen LogP contribution in [0.25, 0.3) is 0 Å². The number of aryl methyl sites for hydroxylation is 2. The maximum Gasteiger partial charge on any atom is 0.307 e. The molecule has 3 rings (SSSR count). The summed E-state index contributed by atoms with van der Waals surface area (Å²) in [6, 6.07) is 5.83. The molecule has 2 aliphatic rings. The van der Waals surface area contributed by atoms with Crippen molar-refractivity contribution in [3.63, 3.8) is 0 Å². The predicted molar refractivity (Wildman–Crippen MR) is 79.9 cm³/mol. The van der Waals surface area contributed by atoms with Gasteiger partial charge in [-0.3, -0.25) is 9.59 Å². The van der Waals surface area contributed by atoms with E-state index in [-0.39, 0.29) is 17.7 Å². The van der Waals surface area contributed by atoms with E-state index in [4.69, 9.17) is 0 Å². The molecule has 1 aromatic rings. The standard InChI is InChI=1S/C17H19NO3/c1-9-4-3-5-10(2)15(9)18-16(19)13-11-6-7-12(8-11)14(13)17(20)21/h3-7,11-14H,8H2,1-2H3,(H,18,19)(H,20,21)/t11-,12+,13-,14+/m1/s1. The van der Waals surface area contributed by atoms with Crippen molar-refractivity contribution < 1.29 is 14.7 Å². The van der Waals surface area contributed by atoms with E-state index in [1.54, 1.807) is 0 Å². The molecule has 1 fully saturated rings. The number of fused-ring (bicyclic) bond motifs is 2. The third-order valence-electron chi connectivity index (χ3n) is 4.78. The number of carboxylic acids is 1. The molecule has 1 saturated carbocycles. The van der Waals surface area contributed by atoms with Crippen molar-refractivity contribution >= 4 is 17.6 Å². The highest BCUT2D eigenvalue weighted by Crippen LogP contribution is 2.48. The summed E-state index contributed by atoms with van der Waals surface area (Å²) in [6.07, 6.45) is 4.73. The maximum absolute atomic E-state index is 12.6. The predicted octanol–water partition coefficient (Wildman–Crippen LogP) is 2.76. The molecule has 110 valence electrons. The molecule has 2 bridgehead atoms. The van der Waals surface area contributed by atoms with Crippen LogP contribution in [0.1, 0.15) is 17.5 Å². The number of carbonyl (C=O) groups is 2. The van der Waals surface area contributed by atoms with Gasteiger partial charge in [0.15, 0.2) is 0 Å². The summed E-state index contributed by atoms with van der Waals surface area (Å²) < 4.78 is 0. The van der Waals surface area contributed by atoms with Gasteiger partial charge in [-0.2, -0.15) is 0 Å². The zero-order valence-corrected chi connectivity index (χ0v) is 12.2. The van der Waals surface area contributed by atoms with E-state index in [2.05, 4.69) is 5.32 Å². The van der Waals surface area contributed by atoms with E-state index in [0.717, 1.165) is 23.2 Å². The van der Waals surface area contributed by atoms with Crippen LogP contribution in [0.2, 0.25) is 0 Å². The Hall–Kier alpha value is -2.10. The highest BCUT2D eigenvalue weighted by atomic mass is 16.4. The Balaban J connectivity index is 1.85. The minimum absolute atomic E-state index is 0.00113. The van der Waals surface area contributed by atoms with Crippen LogP contribution in [-0.2, 0) is 9.59 Å². The number of nitrogens with one attached hydrogen (secondary N) is 1. The number of allylic oxidation sites excluding steroid dienone is 2. The lowest BCUT2D eigenvalue weighted by molar-refractivity contribution is -0.146. The number of amides is 1. The van der Waals surface area contributed by atoms with Crippen LogP contribution in [0.15, 0.2) is 30.4 Å². The minimum atomic E-state index is -0.867. The Morgan fingerprint density at radius 3 is 2.24 bits per heavy atom. The summed E-state index contributed by atoms with van der Waals surface area (Å²) in [6.45, 7) is 3.88. The van der Waals surface area contributed by atoms with Gasteiger partial charge < -0.3 is 10.4 Å². The lowest BCUT2D eigenvalue weighted by atomic mass is 9.82. The monoisotopic (exact) mass is 285 g/mol. The van der Waals surface area contributed by atoms with Crippen molar-refractivity contribution in [2.75, 3.05) is 5.32 Å². The van der Waals surface area contributed by atoms with Crippen molar-refractivity contribution in [3.05, 3.63) is 41.5 Å². The Morgan fingerprint density at radius 2 is 1.67 bits per heavy atom. The second-order valence-corrected chi connectivity index (χ2v) is 6.09. The molecule has 0 unspecified atom stereocenters. The molecule has 0 aliphatic heterocycles. The van der Waals surface area contributed by atoms with E-state index in [1.165, 1.54) is 0 Å². The lowest BCUT2D eigenvalue weighted by Gasteiger charge is -2.24. The number of carboxylic acid groups (broad SMARTS) is 1. The number of aliphatic carboxylic acids is 1. The average Bonchev–Trinajstić information content (AvgIpc) is 3.03. The molecule has 21 heavy (non-hydrogen) atoms. The first-order chi connectivity index (χ1) is 9.99. The third kappa shape index (κ3) is 2.24. The van der Waals surface area contributed by atoms with Gasteiger partial charge >= 0.3 is 5.97 Å². The number of hydrogen-bond donors (Lipinski definition) is 2. The second-order valence-electron chi connectivity index (χ2n) is 6.09. The van der Waals surface area contributed by atoms with Gasteiger partial charge in [-0.05, 0) is 43.2 Å². The van der Waals surface area contributed by atoms with E-state index in [1.807, 2.05) is 44.2 Å². The third-order valence-corrected chi connectivity index (χ3v) is 4.78. The molecule has 2 aliphatic carbocycles. The van der Waals surface area contributed by atoms with Crippen molar-refractivity contribution in [3.8, 4) is 0 Å². The molecule has 0 aromatic heterocycles. The maximum atomic E-state index is 12.6. The Labute approximate surface area is 123 Å². The lowest BCUT2D eigenvalue weighted by Crippen LogP contribution is -2.36. The molecule has 0 heterocycles. The van der Waals surface area contributed by atoms with Gasteiger partial charge in [-0.15, -0.1) is 0 Å². The molecule has 4 heteroatoms. The average molecular weight is 285 g/mol. The molecular formula is C17H19NO3. The Kier molecular flexibility index (Phi) is 3.32. The fourth-order valence-corrected chi connectivity index (χ4v) is 3.73. The Bertz CT molecular complexity index is 615. The Morgan fingerprint density at radius 1 is 1.10 bits per heavy atom. The summed E-state index contributed by atoms with van der Waals surface area (Å²) in [7, 11) is 0. The molecule has 4 nitrogen and oxygen atoms in total. The van der Waals surface area contributed by atoms with Gasteiger partial charge in [-0.1, -0.05) is 30.4 Å². The van der Waals surface area contributed by atoms with Crippen molar-refractivity contribution in [1.82, 2.24) is 0 Å². The van der Waals surface area contributed by atoms with E-state index >= 15 is 0 Å². The summed E-state index contributed by atoms with van der Waals surface area (Å²) in [5.41, 5.74) is 2.79. The van der Waals surface area contributed by atoms with Crippen molar-refractivity contribution in [1.29, 1.82) is 0 Å². The van der Waals surface area contributed by atoms with Gasteiger partial charge in [-0.25, -0.2) is 0 Å². The van der Waals surface area contributed by atoms with E-state index in [0.29, 0.717) is 0 Å². The largest absolute Gasteiger partial charge is 0.481 e. The van der Waals surface area contributed by atoms with Crippen molar-refractivity contribution in [2.45, 2.75) is 20.3 Å². The quantitative estimate of drug-likeness (QED) is 0.839. The van der Waals surface area contributed by atoms with Crippen LogP contribution in [0, 0.1) is 37.5 Å². The number of carbonyl (C=O) groups excluding carboxylic acids is 1. The van der Waals surface area contributed by atoms with Gasteiger partial charge in [0.05, 0.1) is 11.8 Å². The van der Waals surface area contributed by atoms with Gasteiger partial charge in [0.2, 0.25) is 5.91 Å². The van der Waals surface area contributed by atoms with Crippen LogP contribution < -0.4 is 5.32 Å². The SMILES string of the molecule is Cc1cccc(C)c1NC(=O)[C@H]1[C@@H](C(=O)O)[C@H]2C=C[C@@H]1C2. The topological polar surface area (TPSA) is 66.4 Å². The number of rotatable bonds is 3. The van der Waals surface area contributed by atoms with E-state index < -0.39 is 17.8 Å². The molecule has 0 spiro atoms. The zero-order valence-electron chi connectivity index (χ0n) is 12.2. The second kappa shape index (κ2) is 5.02. The van der Waals surface area contributed by atoms with Gasteiger partial charge in [0.25, 0.3) is 0 Å². The smallest absolute Gasteiger partial charge is 0.307 e. The fourth-order valence-electron chi connectivity index (χ4n) is 3.73. The molecule has 0 saturated heterocycles. The first-order valence-corrected chi connectivity index (χ1v) is 7.27. The molecular weight excluding hydrogens is 266 g/mol. The van der Waals surface area contributed by atoms with Gasteiger partial charge in [0.1, 0.15) is 0 Å². The van der Waals surface area contributed by atoms with E-state index in [9.17, 15) is 14.7 Å². The highest BCUT2D eigenvalue weighted by Gasteiger charge is 2.51. The normalized spacial score (nSPS) is 29.6. The summed E-state index contributed by atoms with van der Waals surface area (Å²) in [5.74, 6) is -2.03. The summed E-state index contributed by atoms with van der Waals surface area (Å²) >= 11 is 0. The van der Waals surface area contributed by atoms with Gasteiger partial charge in [0, 0.05) is 5.69 Å². The van der Waals surface area contributed by atoms with Crippen LogP contribution in [0.3, 0.4) is 0 Å². The van der Waals surface area contributed by atoms with Crippen molar-refractivity contribution in [2.24, 2.45) is 23.7 Å². The number of para-hydroxylation sites is 1. The van der Waals surface area contributed by atoms with Crippen LogP contribution in [0.5, 0.6) is 0 Å².